The van der Waals surface area contributed by atoms with E-state index in [4.69, 9.17) is 22.1 Å². The Morgan fingerprint density at radius 1 is 1.56 bits per heavy atom. The van der Waals surface area contributed by atoms with Gasteiger partial charge in [-0.05, 0) is 18.1 Å². The molecule has 0 bridgehead atoms. The second-order valence-electron chi connectivity index (χ2n) is 5.56. The van der Waals surface area contributed by atoms with Crippen LogP contribution in [0.4, 0.5) is 5.69 Å². The zero-order chi connectivity index (χ0) is 18.1. The molecular formula is C16H14ClN5O3. The number of benzene rings is 1. The number of ether oxygens (including phenoxy) is 1. The molecule has 0 unspecified atom stereocenters. The maximum Gasteiger partial charge on any atom is 0.287 e. The summed E-state index contributed by atoms with van der Waals surface area (Å²) in [5.74, 6) is -0.282. The zero-order valence-electron chi connectivity index (χ0n) is 13.2. The van der Waals surface area contributed by atoms with Crippen molar-refractivity contribution >= 4 is 17.3 Å². The van der Waals surface area contributed by atoms with Crippen LogP contribution in [0.25, 0.3) is 0 Å². The van der Waals surface area contributed by atoms with E-state index in [1.807, 2.05) is 6.92 Å². The van der Waals surface area contributed by atoms with E-state index in [1.165, 1.54) is 12.1 Å². The van der Waals surface area contributed by atoms with Gasteiger partial charge in [-0.1, -0.05) is 31.0 Å². The van der Waals surface area contributed by atoms with Crippen LogP contribution in [0.3, 0.4) is 0 Å². The predicted octanol–water partition coefficient (Wildman–Crippen LogP) is 3.14. The summed E-state index contributed by atoms with van der Waals surface area (Å²) in [7, 11) is 0. The number of fused-ring (bicyclic) bond motifs is 1. The molecule has 1 aromatic carbocycles. The van der Waals surface area contributed by atoms with Gasteiger partial charge in [0.15, 0.2) is 0 Å². The summed E-state index contributed by atoms with van der Waals surface area (Å²) in [4.78, 5) is 10.4. The first-order chi connectivity index (χ1) is 12.0. The first-order valence-electron chi connectivity index (χ1n) is 7.56. The SMILES string of the molecule is CCCc1[nH]nc2c1[C@H](c1ccc([N+](=O)[O-])c(Cl)c1)C(C#N)=C(N)O2. The van der Waals surface area contributed by atoms with Crippen molar-refractivity contribution in [2.75, 3.05) is 0 Å². The number of rotatable bonds is 4. The second kappa shape index (κ2) is 6.45. The second-order valence-corrected chi connectivity index (χ2v) is 5.97. The lowest BCUT2D eigenvalue weighted by Gasteiger charge is -2.24. The van der Waals surface area contributed by atoms with Crippen LogP contribution in [0.15, 0.2) is 29.7 Å². The van der Waals surface area contributed by atoms with Crippen molar-refractivity contribution < 1.29 is 9.66 Å². The molecule has 1 aromatic heterocycles. The Kier molecular flexibility index (Phi) is 4.33. The van der Waals surface area contributed by atoms with E-state index in [9.17, 15) is 15.4 Å². The van der Waals surface area contributed by atoms with Crippen molar-refractivity contribution in [3.63, 3.8) is 0 Å². The average Bonchev–Trinajstić information content (AvgIpc) is 2.95. The lowest BCUT2D eigenvalue weighted by atomic mass is 9.83. The Bertz CT molecular complexity index is 928. The third-order valence-corrected chi connectivity index (χ3v) is 4.32. The molecule has 0 amide bonds. The number of hydrogen-bond acceptors (Lipinski definition) is 6. The Hall–Kier alpha value is -3.05. The highest BCUT2D eigenvalue weighted by Gasteiger charge is 2.35. The van der Waals surface area contributed by atoms with Crippen molar-refractivity contribution in [3.8, 4) is 11.9 Å². The highest BCUT2D eigenvalue weighted by molar-refractivity contribution is 6.32. The van der Waals surface area contributed by atoms with Gasteiger partial charge in [-0.15, -0.1) is 5.10 Å². The predicted molar refractivity (Wildman–Crippen MR) is 90.0 cm³/mol. The van der Waals surface area contributed by atoms with Gasteiger partial charge in [0.2, 0.25) is 11.8 Å². The smallest absolute Gasteiger partial charge is 0.287 e. The molecule has 3 N–H and O–H groups in total. The van der Waals surface area contributed by atoms with Gasteiger partial charge in [0.25, 0.3) is 5.69 Å². The van der Waals surface area contributed by atoms with Crippen molar-refractivity contribution in [3.05, 3.63) is 61.6 Å². The van der Waals surface area contributed by atoms with E-state index in [1.54, 1.807) is 6.07 Å². The van der Waals surface area contributed by atoms with Gasteiger partial charge in [0.1, 0.15) is 16.7 Å². The number of allylic oxidation sites excluding steroid dienone is 1. The Morgan fingerprint density at radius 3 is 2.92 bits per heavy atom. The summed E-state index contributed by atoms with van der Waals surface area (Å²) in [5.41, 5.74) is 8.04. The monoisotopic (exact) mass is 359 g/mol. The Morgan fingerprint density at radius 2 is 2.32 bits per heavy atom. The van der Waals surface area contributed by atoms with Gasteiger partial charge in [-0.2, -0.15) is 5.26 Å². The number of aromatic nitrogens is 2. The van der Waals surface area contributed by atoms with E-state index in [0.29, 0.717) is 23.4 Å². The summed E-state index contributed by atoms with van der Waals surface area (Å²) < 4.78 is 5.46. The molecule has 0 radical (unpaired) electrons. The van der Waals surface area contributed by atoms with Crippen molar-refractivity contribution in [1.29, 1.82) is 5.26 Å². The van der Waals surface area contributed by atoms with E-state index in [0.717, 1.165) is 12.1 Å². The lowest BCUT2D eigenvalue weighted by molar-refractivity contribution is -0.384. The molecule has 0 fully saturated rings. The molecule has 1 aliphatic heterocycles. The van der Waals surface area contributed by atoms with Gasteiger partial charge in [0, 0.05) is 17.3 Å². The minimum absolute atomic E-state index is 0.00746. The molecule has 8 nitrogen and oxygen atoms in total. The lowest BCUT2D eigenvalue weighted by Crippen LogP contribution is -2.21. The maximum atomic E-state index is 11.0. The fraction of sp³-hybridized carbons (Fsp3) is 0.250. The molecule has 0 saturated carbocycles. The largest absolute Gasteiger partial charge is 0.420 e. The molecule has 128 valence electrons. The zero-order valence-corrected chi connectivity index (χ0v) is 14.0. The number of nitriles is 1. The molecule has 25 heavy (non-hydrogen) atoms. The van der Waals surface area contributed by atoms with E-state index < -0.39 is 10.8 Å². The number of aromatic amines is 1. The first-order valence-corrected chi connectivity index (χ1v) is 7.94. The molecular weight excluding hydrogens is 346 g/mol. The summed E-state index contributed by atoms with van der Waals surface area (Å²) in [6.07, 6.45) is 1.57. The quantitative estimate of drug-likeness (QED) is 0.636. The van der Waals surface area contributed by atoms with E-state index in [-0.39, 0.29) is 22.2 Å². The molecule has 1 aliphatic rings. The number of halogens is 1. The van der Waals surface area contributed by atoms with Gasteiger partial charge >= 0.3 is 0 Å². The number of nitrogens with one attached hydrogen (secondary N) is 1. The fourth-order valence-corrected chi connectivity index (χ4v) is 3.19. The molecule has 1 atom stereocenters. The Balaban J connectivity index is 2.20. The van der Waals surface area contributed by atoms with E-state index >= 15 is 0 Å². The van der Waals surface area contributed by atoms with Crippen LogP contribution < -0.4 is 10.5 Å². The molecule has 0 saturated heterocycles. The number of nitro benzene ring substituents is 1. The minimum atomic E-state index is -0.558. The van der Waals surface area contributed by atoms with Crippen LogP contribution in [0.2, 0.25) is 5.02 Å². The third kappa shape index (κ3) is 2.79. The van der Waals surface area contributed by atoms with E-state index in [2.05, 4.69) is 16.3 Å². The van der Waals surface area contributed by atoms with Gasteiger partial charge < -0.3 is 10.5 Å². The fourth-order valence-electron chi connectivity index (χ4n) is 2.93. The number of nitrogens with two attached hydrogens (primary N) is 1. The number of nitro groups is 1. The highest BCUT2D eigenvalue weighted by atomic mass is 35.5. The number of hydrogen-bond donors (Lipinski definition) is 2. The van der Waals surface area contributed by atoms with Crippen molar-refractivity contribution in [2.45, 2.75) is 25.7 Å². The normalized spacial score (nSPS) is 16.1. The van der Waals surface area contributed by atoms with Crippen LogP contribution in [0, 0.1) is 21.4 Å². The number of H-pyrrole nitrogens is 1. The van der Waals surface area contributed by atoms with Crippen LogP contribution in [0.1, 0.15) is 36.1 Å². The average molecular weight is 360 g/mol. The maximum absolute atomic E-state index is 11.0. The van der Waals surface area contributed by atoms with Crippen LogP contribution in [-0.4, -0.2) is 15.1 Å². The van der Waals surface area contributed by atoms with Crippen molar-refractivity contribution in [2.24, 2.45) is 5.73 Å². The highest BCUT2D eigenvalue weighted by Crippen LogP contribution is 2.44. The first kappa shape index (κ1) is 16.8. The third-order valence-electron chi connectivity index (χ3n) is 4.02. The molecule has 0 aliphatic carbocycles. The molecule has 3 rings (SSSR count). The van der Waals surface area contributed by atoms with Gasteiger partial charge in [-0.3, -0.25) is 15.2 Å². The summed E-state index contributed by atoms with van der Waals surface area (Å²) >= 11 is 6.05. The number of aryl methyl sites for hydroxylation is 1. The summed E-state index contributed by atoms with van der Waals surface area (Å²) in [6, 6.07) is 6.43. The molecule has 2 aromatic rings. The van der Waals surface area contributed by atoms with Crippen LogP contribution in [0.5, 0.6) is 5.88 Å². The Labute approximate surface area is 148 Å². The summed E-state index contributed by atoms with van der Waals surface area (Å²) in [5, 5.41) is 27.6. The van der Waals surface area contributed by atoms with Gasteiger partial charge in [-0.25, -0.2) is 0 Å². The summed E-state index contributed by atoms with van der Waals surface area (Å²) in [6.45, 7) is 2.02. The minimum Gasteiger partial charge on any atom is -0.420 e. The molecule has 0 spiro atoms. The van der Waals surface area contributed by atoms with Crippen LogP contribution in [-0.2, 0) is 6.42 Å². The topological polar surface area (TPSA) is 131 Å². The van der Waals surface area contributed by atoms with Gasteiger partial charge in [0.05, 0.1) is 10.8 Å². The van der Waals surface area contributed by atoms with Crippen molar-refractivity contribution in [1.82, 2.24) is 10.2 Å². The molecule has 2 heterocycles. The standard InChI is InChI=1S/C16H14ClN5O3/c1-2-3-11-14-13(8-4-5-12(22(23)24)10(17)6-8)9(7-18)15(19)25-16(14)21-20-11/h4-6,13H,2-3,19H2,1H3,(H,20,21)/t13-/m1/s1. The number of nitrogens with zero attached hydrogens (tertiary/aromatic N) is 3. The molecule has 9 heteroatoms. The van der Waals surface area contributed by atoms with Crippen LogP contribution >= 0.6 is 11.6 Å².